The lowest BCUT2D eigenvalue weighted by Crippen LogP contribution is -2.28. The minimum absolute atomic E-state index is 0.118. The molecule has 1 aromatic carbocycles. The number of aryl methyl sites for hydroxylation is 1. The van der Waals surface area contributed by atoms with E-state index in [9.17, 15) is 12.8 Å². The lowest BCUT2D eigenvalue weighted by molar-refractivity contribution is 0.545. The third-order valence-corrected chi connectivity index (χ3v) is 4.14. The van der Waals surface area contributed by atoms with Crippen molar-refractivity contribution in [2.75, 3.05) is 12.3 Å². The summed E-state index contributed by atoms with van der Waals surface area (Å²) in [5.41, 5.74) is 6.54. The van der Waals surface area contributed by atoms with E-state index in [1.54, 1.807) is 17.1 Å². The molecule has 0 radical (unpaired) electrons. The van der Waals surface area contributed by atoms with Crippen molar-refractivity contribution in [3.63, 3.8) is 0 Å². The van der Waals surface area contributed by atoms with Crippen LogP contribution in [0.15, 0.2) is 35.5 Å². The number of hydrogen-bond acceptors (Lipinski definition) is 4. The molecule has 0 bridgehead atoms. The zero-order valence-corrected chi connectivity index (χ0v) is 11.7. The molecular formula is C12H15FN4O2S. The Bertz CT molecular complexity index is 712. The first-order valence-corrected chi connectivity index (χ1v) is 7.40. The van der Waals surface area contributed by atoms with Crippen molar-refractivity contribution in [2.24, 2.45) is 0 Å². The van der Waals surface area contributed by atoms with Crippen LogP contribution in [0.25, 0.3) is 0 Å². The maximum atomic E-state index is 13.6. The van der Waals surface area contributed by atoms with E-state index in [1.165, 1.54) is 6.07 Å². The topological polar surface area (TPSA) is 90.0 Å². The van der Waals surface area contributed by atoms with Crippen LogP contribution in [0.3, 0.4) is 0 Å². The number of anilines is 1. The molecule has 0 saturated heterocycles. The fourth-order valence-electron chi connectivity index (χ4n) is 1.70. The first kappa shape index (κ1) is 14.5. The van der Waals surface area contributed by atoms with Crippen LogP contribution in [0, 0.1) is 12.7 Å². The number of halogens is 1. The molecule has 8 heteroatoms. The van der Waals surface area contributed by atoms with Gasteiger partial charge >= 0.3 is 0 Å². The summed E-state index contributed by atoms with van der Waals surface area (Å²) in [6, 6.07) is 3.46. The van der Waals surface area contributed by atoms with Crippen molar-refractivity contribution < 1.29 is 12.8 Å². The van der Waals surface area contributed by atoms with Gasteiger partial charge in [-0.15, -0.1) is 0 Å². The highest BCUT2D eigenvalue weighted by atomic mass is 32.2. The third-order valence-electron chi connectivity index (χ3n) is 2.64. The predicted molar refractivity (Wildman–Crippen MR) is 73.0 cm³/mol. The van der Waals surface area contributed by atoms with Gasteiger partial charge in [0.25, 0.3) is 0 Å². The lowest BCUT2D eigenvalue weighted by Gasteiger charge is -2.08. The van der Waals surface area contributed by atoms with Crippen LogP contribution < -0.4 is 10.5 Å². The van der Waals surface area contributed by atoms with Crippen LogP contribution >= 0.6 is 0 Å². The summed E-state index contributed by atoms with van der Waals surface area (Å²) in [7, 11) is -3.89. The zero-order valence-electron chi connectivity index (χ0n) is 10.9. The summed E-state index contributed by atoms with van der Waals surface area (Å²) in [6.45, 7) is 2.37. The Morgan fingerprint density at radius 3 is 2.80 bits per heavy atom. The second-order valence-electron chi connectivity index (χ2n) is 4.37. The molecule has 2 rings (SSSR count). The maximum Gasteiger partial charge on any atom is 0.243 e. The Kier molecular flexibility index (Phi) is 4.05. The Labute approximate surface area is 116 Å². The number of hydrogen-bond donors (Lipinski definition) is 2. The van der Waals surface area contributed by atoms with Crippen LogP contribution in [-0.2, 0) is 16.6 Å². The van der Waals surface area contributed by atoms with Crippen LogP contribution in [0.5, 0.6) is 0 Å². The summed E-state index contributed by atoms with van der Waals surface area (Å²) >= 11 is 0. The molecule has 2 aromatic rings. The maximum absolute atomic E-state index is 13.6. The Morgan fingerprint density at radius 1 is 1.45 bits per heavy atom. The molecule has 3 N–H and O–H groups in total. The van der Waals surface area contributed by atoms with Gasteiger partial charge in [-0.05, 0) is 30.7 Å². The molecule has 0 atom stereocenters. The van der Waals surface area contributed by atoms with Gasteiger partial charge in [0.15, 0.2) is 0 Å². The summed E-state index contributed by atoms with van der Waals surface area (Å²) in [5.74, 6) is -0.868. The molecule has 108 valence electrons. The molecule has 20 heavy (non-hydrogen) atoms. The van der Waals surface area contributed by atoms with E-state index in [4.69, 9.17) is 5.73 Å². The van der Waals surface area contributed by atoms with E-state index in [1.807, 2.05) is 6.92 Å². The summed E-state index contributed by atoms with van der Waals surface area (Å²) in [4.78, 5) is -0.414. The normalized spacial score (nSPS) is 11.7. The van der Waals surface area contributed by atoms with Crippen molar-refractivity contribution >= 4 is 15.7 Å². The van der Waals surface area contributed by atoms with Gasteiger partial charge in [0.2, 0.25) is 10.0 Å². The van der Waals surface area contributed by atoms with E-state index in [0.29, 0.717) is 6.54 Å². The van der Waals surface area contributed by atoms with Crippen LogP contribution in [0.4, 0.5) is 10.1 Å². The number of nitrogen functional groups attached to an aromatic ring is 1. The first-order valence-electron chi connectivity index (χ1n) is 5.92. The molecule has 0 amide bonds. The van der Waals surface area contributed by atoms with Crippen LogP contribution in [0.2, 0.25) is 0 Å². The van der Waals surface area contributed by atoms with Crippen LogP contribution in [-0.4, -0.2) is 24.7 Å². The number of sulfonamides is 1. The first-order chi connectivity index (χ1) is 9.38. The van der Waals surface area contributed by atoms with Crippen molar-refractivity contribution in [3.8, 4) is 0 Å². The smallest absolute Gasteiger partial charge is 0.243 e. The van der Waals surface area contributed by atoms with Crippen LogP contribution in [0.1, 0.15) is 5.56 Å². The molecular weight excluding hydrogens is 283 g/mol. The van der Waals surface area contributed by atoms with Crippen molar-refractivity contribution in [2.45, 2.75) is 18.4 Å². The number of aromatic nitrogens is 2. The van der Waals surface area contributed by atoms with E-state index < -0.39 is 20.7 Å². The van der Waals surface area contributed by atoms with Gasteiger partial charge in [-0.3, -0.25) is 4.68 Å². The Balaban J connectivity index is 2.04. The van der Waals surface area contributed by atoms with Crippen molar-refractivity contribution in [3.05, 3.63) is 42.0 Å². The summed E-state index contributed by atoms with van der Waals surface area (Å²) in [5, 5.41) is 4.03. The average Bonchev–Trinajstić information content (AvgIpc) is 2.74. The highest BCUT2D eigenvalue weighted by Gasteiger charge is 2.18. The van der Waals surface area contributed by atoms with Gasteiger partial charge in [0.05, 0.1) is 12.7 Å². The lowest BCUT2D eigenvalue weighted by atomic mass is 10.3. The number of nitrogens with two attached hydrogens (primary N) is 1. The zero-order chi connectivity index (χ0) is 14.8. The van der Waals surface area contributed by atoms with Gasteiger partial charge < -0.3 is 5.73 Å². The summed E-state index contributed by atoms with van der Waals surface area (Å²) in [6.07, 6.45) is 3.46. The Morgan fingerprint density at radius 2 is 2.20 bits per heavy atom. The van der Waals surface area contributed by atoms with Gasteiger partial charge in [-0.25, -0.2) is 17.5 Å². The van der Waals surface area contributed by atoms with Gasteiger partial charge in [0.1, 0.15) is 10.7 Å². The molecule has 0 unspecified atom stereocenters. The molecule has 1 aromatic heterocycles. The highest BCUT2D eigenvalue weighted by Crippen LogP contribution is 2.16. The Hall–Kier alpha value is -1.93. The predicted octanol–water partition coefficient (Wildman–Crippen LogP) is 0.891. The fraction of sp³-hybridized carbons (Fsp3) is 0.250. The highest BCUT2D eigenvalue weighted by molar-refractivity contribution is 7.89. The van der Waals surface area contributed by atoms with Crippen molar-refractivity contribution in [1.29, 1.82) is 0 Å². The number of benzene rings is 1. The van der Waals surface area contributed by atoms with Gasteiger partial charge in [0, 0.05) is 18.4 Å². The number of nitrogens with one attached hydrogen (secondary N) is 1. The van der Waals surface area contributed by atoms with Crippen molar-refractivity contribution in [1.82, 2.24) is 14.5 Å². The van der Waals surface area contributed by atoms with E-state index in [0.717, 1.165) is 17.7 Å². The third kappa shape index (κ3) is 3.34. The van der Waals surface area contributed by atoms with E-state index in [2.05, 4.69) is 9.82 Å². The molecule has 0 aliphatic carbocycles. The molecule has 0 aliphatic rings. The second-order valence-corrected chi connectivity index (χ2v) is 6.10. The standard InChI is InChI=1S/C12H15FN4O2S/c1-9-7-15-17(8-9)5-4-16-20(18,19)12-3-2-10(14)6-11(12)13/h2-3,6-8,16H,4-5,14H2,1H3. The largest absolute Gasteiger partial charge is 0.399 e. The molecule has 0 spiro atoms. The number of rotatable bonds is 5. The molecule has 0 saturated carbocycles. The van der Waals surface area contributed by atoms with E-state index >= 15 is 0 Å². The average molecular weight is 298 g/mol. The fourth-order valence-corrected chi connectivity index (χ4v) is 2.77. The molecule has 0 fully saturated rings. The number of nitrogens with zero attached hydrogens (tertiary/aromatic N) is 2. The second kappa shape index (κ2) is 5.59. The minimum atomic E-state index is -3.89. The molecule has 1 heterocycles. The molecule has 0 aliphatic heterocycles. The SMILES string of the molecule is Cc1cnn(CCNS(=O)(=O)c2ccc(N)cc2F)c1. The molecule has 6 nitrogen and oxygen atoms in total. The minimum Gasteiger partial charge on any atom is -0.399 e. The van der Waals surface area contributed by atoms with Gasteiger partial charge in [-0.2, -0.15) is 5.10 Å². The monoisotopic (exact) mass is 298 g/mol. The summed E-state index contributed by atoms with van der Waals surface area (Å²) < 4.78 is 41.4. The van der Waals surface area contributed by atoms with Gasteiger partial charge in [-0.1, -0.05) is 0 Å². The van der Waals surface area contributed by atoms with E-state index in [-0.39, 0.29) is 12.2 Å². The quantitative estimate of drug-likeness (QED) is 0.802.